The molecule has 1 aromatic heterocycles. The number of rotatable bonds is 4. The normalized spacial score (nSPS) is 14.7. The molecule has 2 atom stereocenters. The van der Waals surface area contributed by atoms with E-state index < -0.39 is 6.10 Å². The lowest BCUT2D eigenvalue weighted by molar-refractivity contribution is 0.132. The fourth-order valence-corrected chi connectivity index (χ4v) is 1.32. The lowest BCUT2D eigenvalue weighted by atomic mass is 9.97. The smallest absolute Gasteiger partial charge is 0.0978 e. The summed E-state index contributed by atoms with van der Waals surface area (Å²) in [4.78, 5) is 0. The van der Waals surface area contributed by atoms with Gasteiger partial charge in [0.25, 0.3) is 0 Å². The van der Waals surface area contributed by atoms with Crippen molar-refractivity contribution < 1.29 is 5.11 Å². The van der Waals surface area contributed by atoms with Crippen molar-refractivity contribution >= 4 is 0 Å². The number of aliphatic hydroxyl groups excluding tert-OH is 1. The van der Waals surface area contributed by atoms with Gasteiger partial charge in [-0.3, -0.25) is 4.68 Å². The first kappa shape index (κ1) is 10.7. The maximum Gasteiger partial charge on any atom is 0.0978 e. The van der Waals surface area contributed by atoms with E-state index in [1.54, 1.807) is 17.1 Å². The minimum absolute atomic E-state index is 0.343. The SMILES string of the molecule is CCC(C#N)C(O)c1cnn(CC)c1. The van der Waals surface area contributed by atoms with Crippen molar-refractivity contribution in [3.63, 3.8) is 0 Å². The molecule has 0 aromatic carbocycles. The highest BCUT2D eigenvalue weighted by atomic mass is 16.3. The second-order valence-corrected chi connectivity index (χ2v) is 3.22. The Balaban J connectivity index is 2.78. The van der Waals surface area contributed by atoms with Crippen molar-refractivity contribution in [3.05, 3.63) is 18.0 Å². The van der Waals surface area contributed by atoms with Crippen LogP contribution in [0.3, 0.4) is 0 Å². The van der Waals surface area contributed by atoms with E-state index in [0.29, 0.717) is 6.42 Å². The molecule has 0 aliphatic heterocycles. The number of aryl methyl sites for hydroxylation is 1. The number of hydrogen-bond donors (Lipinski definition) is 1. The first-order chi connectivity index (χ1) is 6.72. The predicted octanol–water partition coefficient (Wildman–Crippen LogP) is 1.49. The molecule has 0 bridgehead atoms. The zero-order valence-corrected chi connectivity index (χ0v) is 8.51. The summed E-state index contributed by atoms with van der Waals surface area (Å²) >= 11 is 0. The van der Waals surface area contributed by atoms with E-state index in [1.165, 1.54) is 0 Å². The Morgan fingerprint density at radius 3 is 2.79 bits per heavy atom. The lowest BCUT2D eigenvalue weighted by Gasteiger charge is -2.12. The molecular formula is C10H15N3O. The molecule has 1 heterocycles. The lowest BCUT2D eigenvalue weighted by Crippen LogP contribution is -2.09. The minimum Gasteiger partial charge on any atom is -0.387 e. The summed E-state index contributed by atoms with van der Waals surface area (Å²) in [6.45, 7) is 4.64. The molecule has 1 N–H and O–H groups in total. The van der Waals surface area contributed by atoms with Crippen LogP contribution in [0.5, 0.6) is 0 Å². The van der Waals surface area contributed by atoms with Crippen molar-refractivity contribution in [1.29, 1.82) is 5.26 Å². The van der Waals surface area contributed by atoms with E-state index in [0.717, 1.165) is 12.1 Å². The maximum absolute atomic E-state index is 9.81. The van der Waals surface area contributed by atoms with Gasteiger partial charge >= 0.3 is 0 Å². The van der Waals surface area contributed by atoms with Gasteiger partial charge in [0, 0.05) is 18.3 Å². The molecular weight excluding hydrogens is 178 g/mol. The topological polar surface area (TPSA) is 61.8 Å². The Morgan fingerprint density at radius 1 is 1.64 bits per heavy atom. The van der Waals surface area contributed by atoms with Crippen LogP contribution in [0.25, 0.3) is 0 Å². The Morgan fingerprint density at radius 2 is 2.36 bits per heavy atom. The summed E-state index contributed by atoms with van der Waals surface area (Å²) in [5.41, 5.74) is 0.722. The average molecular weight is 193 g/mol. The van der Waals surface area contributed by atoms with Gasteiger partial charge in [-0.15, -0.1) is 0 Å². The molecule has 0 spiro atoms. The average Bonchev–Trinajstić information content (AvgIpc) is 2.67. The van der Waals surface area contributed by atoms with Crippen LogP contribution in [-0.2, 0) is 6.54 Å². The molecule has 0 fully saturated rings. The number of aromatic nitrogens is 2. The highest BCUT2D eigenvalue weighted by Gasteiger charge is 2.19. The number of nitriles is 1. The minimum atomic E-state index is -0.717. The molecule has 0 saturated carbocycles. The van der Waals surface area contributed by atoms with Gasteiger partial charge in [0.15, 0.2) is 0 Å². The van der Waals surface area contributed by atoms with Gasteiger partial charge in [-0.05, 0) is 13.3 Å². The van der Waals surface area contributed by atoms with Gasteiger partial charge in [-0.25, -0.2) is 0 Å². The fourth-order valence-electron chi connectivity index (χ4n) is 1.32. The highest BCUT2D eigenvalue weighted by Crippen LogP contribution is 2.23. The molecule has 0 aliphatic carbocycles. The zero-order chi connectivity index (χ0) is 10.6. The summed E-state index contributed by atoms with van der Waals surface area (Å²) in [6, 6.07) is 2.09. The number of hydrogen-bond acceptors (Lipinski definition) is 3. The molecule has 2 unspecified atom stereocenters. The van der Waals surface area contributed by atoms with Crippen LogP contribution < -0.4 is 0 Å². The van der Waals surface area contributed by atoms with Crippen LogP contribution in [-0.4, -0.2) is 14.9 Å². The highest BCUT2D eigenvalue weighted by molar-refractivity contribution is 5.11. The third-order valence-corrected chi connectivity index (χ3v) is 2.31. The van der Waals surface area contributed by atoms with Gasteiger partial charge in [0.05, 0.1) is 24.3 Å². The number of aliphatic hydroxyl groups is 1. The summed E-state index contributed by atoms with van der Waals surface area (Å²) in [5, 5.41) is 22.7. The summed E-state index contributed by atoms with van der Waals surface area (Å²) in [6.07, 6.45) is 3.33. The summed E-state index contributed by atoms with van der Waals surface area (Å²) < 4.78 is 1.74. The van der Waals surface area contributed by atoms with Gasteiger partial charge < -0.3 is 5.11 Å². The molecule has 4 nitrogen and oxygen atoms in total. The van der Waals surface area contributed by atoms with Crippen molar-refractivity contribution in [2.24, 2.45) is 5.92 Å². The molecule has 76 valence electrons. The van der Waals surface area contributed by atoms with Crippen LogP contribution in [0.15, 0.2) is 12.4 Å². The second kappa shape index (κ2) is 4.77. The van der Waals surface area contributed by atoms with E-state index >= 15 is 0 Å². The van der Waals surface area contributed by atoms with E-state index in [9.17, 15) is 5.11 Å². The first-order valence-electron chi connectivity index (χ1n) is 4.82. The fraction of sp³-hybridized carbons (Fsp3) is 0.600. The second-order valence-electron chi connectivity index (χ2n) is 3.22. The van der Waals surface area contributed by atoms with Crippen LogP contribution in [0.2, 0.25) is 0 Å². The van der Waals surface area contributed by atoms with E-state index in [2.05, 4.69) is 11.2 Å². The molecule has 1 rings (SSSR count). The molecule has 4 heteroatoms. The first-order valence-corrected chi connectivity index (χ1v) is 4.82. The van der Waals surface area contributed by atoms with E-state index in [4.69, 9.17) is 5.26 Å². The van der Waals surface area contributed by atoms with E-state index in [-0.39, 0.29) is 5.92 Å². The number of nitrogens with zero attached hydrogens (tertiary/aromatic N) is 3. The Labute approximate surface area is 83.8 Å². The quantitative estimate of drug-likeness (QED) is 0.788. The van der Waals surface area contributed by atoms with Gasteiger partial charge in [-0.2, -0.15) is 10.4 Å². The largest absolute Gasteiger partial charge is 0.387 e. The molecule has 14 heavy (non-hydrogen) atoms. The van der Waals surface area contributed by atoms with E-state index in [1.807, 2.05) is 13.8 Å². The third kappa shape index (κ3) is 2.12. The standard InChI is InChI=1S/C10H15N3O/c1-3-8(5-11)10(14)9-6-12-13(4-2)7-9/h6-8,10,14H,3-4H2,1-2H3. The van der Waals surface area contributed by atoms with Gasteiger partial charge in [0.2, 0.25) is 0 Å². The summed E-state index contributed by atoms with van der Waals surface area (Å²) in [5.74, 6) is -0.343. The van der Waals surface area contributed by atoms with Crippen LogP contribution >= 0.6 is 0 Å². The van der Waals surface area contributed by atoms with Crippen LogP contribution in [0.4, 0.5) is 0 Å². The van der Waals surface area contributed by atoms with Crippen LogP contribution in [0, 0.1) is 17.2 Å². The Bertz CT molecular complexity index is 326. The predicted molar refractivity (Wildman–Crippen MR) is 52.3 cm³/mol. The zero-order valence-electron chi connectivity index (χ0n) is 8.51. The molecule has 0 saturated heterocycles. The molecule has 0 radical (unpaired) electrons. The molecule has 0 aliphatic rings. The molecule has 1 aromatic rings. The summed E-state index contributed by atoms with van der Waals surface area (Å²) in [7, 11) is 0. The Hall–Kier alpha value is -1.34. The van der Waals surface area contributed by atoms with Crippen molar-refractivity contribution in [2.45, 2.75) is 32.9 Å². The van der Waals surface area contributed by atoms with Crippen molar-refractivity contribution in [2.75, 3.05) is 0 Å². The van der Waals surface area contributed by atoms with Crippen molar-refractivity contribution in [3.8, 4) is 6.07 Å². The molecule has 0 amide bonds. The third-order valence-electron chi connectivity index (χ3n) is 2.31. The van der Waals surface area contributed by atoms with Crippen molar-refractivity contribution in [1.82, 2.24) is 9.78 Å². The maximum atomic E-state index is 9.81. The van der Waals surface area contributed by atoms with Gasteiger partial charge in [0.1, 0.15) is 0 Å². The Kier molecular flexibility index (Phi) is 3.66. The monoisotopic (exact) mass is 193 g/mol. The van der Waals surface area contributed by atoms with Crippen LogP contribution in [0.1, 0.15) is 31.9 Å². The van der Waals surface area contributed by atoms with Gasteiger partial charge in [-0.1, -0.05) is 6.92 Å².